The zero-order valence-corrected chi connectivity index (χ0v) is 19.4. The number of nitrogens with one attached hydrogen (secondary N) is 1. The van der Waals surface area contributed by atoms with E-state index < -0.39 is 0 Å². The molecule has 5 rings (SSSR count). The first-order valence-electron chi connectivity index (χ1n) is 10.6. The van der Waals surface area contributed by atoms with Crippen LogP contribution in [-0.4, -0.2) is 31.2 Å². The third-order valence-corrected chi connectivity index (χ3v) is 6.37. The van der Waals surface area contributed by atoms with Gasteiger partial charge in [0.15, 0.2) is 0 Å². The number of thioether (sulfide) groups is 1. The van der Waals surface area contributed by atoms with E-state index in [2.05, 4.69) is 15.5 Å². The van der Waals surface area contributed by atoms with Crippen molar-refractivity contribution in [3.05, 3.63) is 88.8 Å². The lowest BCUT2D eigenvalue weighted by molar-refractivity contribution is -0.113. The third-order valence-electron chi connectivity index (χ3n) is 5.55. The average molecular weight is 472 g/mol. The van der Waals surface area contributed by atoms with Crippen molar-refractivity contribution in [2.75, 3.05) is 11.1 Å². The maximum absolute atomic E-state index is 13.0. The molecule has 0 radical (unpaired) electrons. The van der Waals surface area contributed by atoms with Crippen molar-refractivity contribution in [3.8, 4) is 17.1 Å². The normalized spacial score (nSPS) is 11.1. The van der Waals surface area contributed by atoms with Crippen molar-refractivity contribution in [2.24, 2.45) is 7.05 Å². The Bertz CT molecular complexity index is 1550. The van der Waals surface area contributed by atoms with Crippen LogP contribution in [0.1, 0.15) is 5.69 Å². The van der Waals surface area contributed by atoms with E-state index >= 15 is 0 Å². The molecule has 0 fully saturated rings. The van der Waals surface area contributed by atoms with Gasteiger partial charge in [0.1, 0.15) is 5.69 Å². The van der Waals surface area contributed by atoms with Gasteiger partial charge in [0, 0.05) is 12.6 Å². The first kappa shape index (κ1) is 21.7. The van der Waals surface area contributed by atoms with Gasteiger partial charge in [-0.3, -0.25) is 14.3 Å². The fourth-order valence-corrected chi connectivity index (χ4v) is 4.29. The second-order valence-electron chi connectivity index (χ2n) is 7.71. The molecule has 1 N–H and O–H groups in total. The molecule has 1 amide bonds. The van der Waals surface area contributed by atoms with Crippen LogP contribution in [0.15, 0.2) is 87.2 Å². The number of carbonyl (C=O) groups is 1. The summed E-state index contributed by atoms with van der Waals surface area (Å²) in [6, 6.07) is 23.2. The van der Waals surface area contributed by atoms with E-state index in [1.165, 1.54) is 4.68 Å². The lowest BCUT2D eigenvalue weighted by Crippen LogP contribution is -2.23. The van der Waals surface area contributed by atoms with E-state index in [1.807, 2.05) is 72.8 Å². The van der Waals surface area contributed by atoms with E-state index in [-0.39, 0.29) is 28.1 Å². The number of aromatic nitrogens is 4. The molecule has 0 saturated carbocycles. The Morgan fingerprint density at radius 2 is 1.74 bits per heavy atom. The molecule has 0 spiro atoms. The quantitative estimate of drug-likeness (QED) is 0.369. The summed E-state index contributed by atoms with van der Waals surface area (Å²) < 4.78 is 8.97. The maximum Gasteiger partial charge on any atom is 0.295 e. The second-order valence-corrected chi connectivity index (χ2v) is 8.64. The first-order chi connectivity index (χ1) is 16.5. The van der Waals surface area contributed by atoms with Gasteiger partial charge < -0.3 is 9.73 Å². The van der Waals surface area contributed by atoms with Gasteiger partial charge in [-0.1, -0.05) is 60.3 Å². The highest BCUT2D eigenvalue weighted by molar-refractivity contribution is 7.99. The Morgan fingerprint density at radius 3 is 2.53 bits per heavy atom. The van der Waals surface area contributed by atoms with Crippen molar-refractivity contribution in [1.82, 2.24) is 19.6 Å². The predicted molar refractivity (Wildman–Crippen MR) is 132 cm³/mol. The molecule has 0 saturated heterocycles. The molecule has 0 atom stereocenters. The predicted octanol–water partition coefficient (Wildman–Crippen LogP) is 4.42. The van der Waals surface area contributed by atoms with Crippen molar-refractivity contribution in [3.63, 3.8) is 0 Å². The first-order valence-corrected chi connectivity index (χ1v) is 11.6. The molecule has 0 aliphatic rings. The fourth-order valence-electron chi connectivity index (χ4n) is 3.72. The second kappa shape index (κ2) is 9.03. The van der Waals surface area contributed by atoms with Gasteiger partial charge in [-0.2, -0.15) is 0 Å². The number of hydrogen-bond donors (Lipinski definition) is 1. The number of hydrogen-bond acceptors (Lipinski definition) is 6. The number of anilines is 1. The van der Waals surface area contributed by atoms with Crippen molar-refractivity contribution in [1.29, 1.82) is 0 Å². The van der Waals surface area contributed by atoms with E-state index in [9.17, 15) is 9.59 Å². The van der Waals surface area contributed by atoms with Crippen LogP contribution in [0.2, 0.25) is 0 Å². The minimum absolute atomic E-state index is 0.0263. The maximum atomic E-state index is 13.0. The molecule has 2 aromatic heterocycles. The molecular weight excluding hydrogens is 450 g/mol. The number of fused-ring (bicyclic) bond motifs is 1. The van der Waals surface area contributed by atoms with E-state index in [1.54, 1.807) is 18.7 Å². The Labute approximate surface area is 199 Å². The van der Waals surface area contributed by atoms with Crippen LogP contribution in [-0.2, 0) is 11.8 Å². The Kier molecular flexibility index (Phi) is 5.77. The largest absolute Gasteiger partial charge is 0.411 e. The Balaban J connectivity index is 1.28. The van der Waals surface area contributed by atoms with Crippen molar-refractivity contribution < 1.29 is 9.21 Å². The van der Waals surface area contributed by atoms with Crippen LogP contribution < -0.4 is 10.9 Å². The van der Waals surface area contributed by atoms with Crippen LogP contribution in [0.25, 0.3) is 27.9 Å². The van der Waals surface area contributed by atoms with Crippen molar-refractivity contribution in [2.45, 2.75) is 12.1 Å². The molecule has 5 aromatic rings. The summed E-state index contributed by atoms with van der Waals surface area (Å²) in [5.74, 6) is 0.0816. The zero-order chi connectivity index (χ0) is 23.7. The molecule has 0 bridgehead atoms. The minimum Gasteiger partial charge on any atom is -0.411 e. The summed E-state index contributed by atoms with van der Waals surface area (Å²) in [6.45, 7) is 1.79. The van der Waals surface area contributed by atoms with Crippen LogP contribution in [0.4, 0.5) is 5.69 Å². The monoisotopic (exact) mass is 471 g/mol. The van der Waals surface area contributed by atoms with E-state index in [0.29, 0.717) is 11.6 Å². The number of rotatable bonds is 6. The van der Waals surface area contributed by atoms with Gasteiger partial charge in [0.05, 0.1) is 17.1 Å². The number of benzene rings is 3. The number of nitrogens with zero attached hydrogens (tertiary/aromatic N) is 4. The fraction of sp³-hybridized carbons (Fsp3) is 0.120. The SMILES string of the molecule is Cc1c(NC(=O)CSc2nnc(-c3ccc4ccccc4c3)o2)c(=O)n(-c2ccccc2)n1C. The van der Waals surface area contributed by atoms with Gasteiger partial charge in [0.25, 0.3) is 10.8 Å². The van der Waals surface area contributed by atoms with Crippen LogP contribution in [0, 0.1) is 6.92 Å². The lowest BCUT2D eigenvalue weighted by atomic mass is 10.1. The zero-order valence-electron chi connectivity index (χ0n) is 18.6. The number of carbonyl (C=O) groups excluding carboxylic acids is 1. The summed E-state index contributed by atoms with van der Waals surface area (Å²) in [6.07, 6.45) is 0. The summed E-state index contributed by atoms with van der Waals surface area (Å²) in [5.41, 5.74) is 2.15. The van der Waals surface area contributed by atoms with E-state index in [4.69, 9.17) is 4.42 Å². The topological polar surface area (TPSA) is 95.0 Å². The van der Waals surface area contributed by atoms with Gasteiger partial charge in [-0.05, 0) is 42.0 Å². The highest BCUT2D eigenvalue weighted by Crippen LogP contribution is 2.26. The van der Waals surface area contributed by atoms with Crippen molar-refractivity contribution >= 4 is 34.1 Å². The molecule has 0 unspecified atom stereocenters. The van der Waals surface area contributed by atoms with Crippen LogP contribution in [0.5, 0.6) is 0 Å². The average Bonchev–Trinajstić information content (AvgIpc) is 3.42. The molecular formula is C25H21N5O3S. The molecule has 170 valence electrons. The highest BCUT2D eigenvalue weighted by Gasteiger charge is 2.19. The summed E-state index contributed by atoms with van der Waals surface area (Å²) in [7, 11) is 1.78. The molecule has 3 aromatic carbocycles. The Morgan fingerprint density at radius 1 is 1.00 bits per heavy atom. The van der Waals surface area contributed by atoms with Crippen LogP contribution in [0.3, 0.4) is 0 Å². The highest BCUT2D eigenvalue weighted by atomic mass is 32.2. The molecule has 0 aliphatic heterocycles. The molecule has 0 aliphatic carbocycles. The van der Waals surface area contributed by atoms with Crippen LogP contribution >= 0.6 is 11.8 Å². The summed E-state index contributed by atoms with van der Waals surface area (Å²) in [5, 5.41) is 13.4. The summed E-state index contributed by atoms with van der Waals surface area (Å²) >= 11 is 1.12. The van der Waals surface area contributed by atoms with Gasteiger partial charge in [-0.25, -0.2) is 4.68 Å². The lowest BCUT2D eigenvalue weighted by Gasteiger charge is -2.07. The molecule has 34 heavy (non-hydrogen) atoms. The Hall–Kier alpha value is -4.11. The van der Waals surface area contributed by atoms with Gasteiger partial charge >= 0.3 is 0 Å². The smallest absolute Gasteiger partial charge is 0.295 e. The molecule has 9 heteroatoms. The van der Waals surface area contributed by atoms with E-state index in [0.717, 1.165) is 33.8 Å². The molecule has 2 heterocycles. The molecule has 8 nitrogen and oxygen atoms in total. The third kappa shape index (κ3) is 4.13. The number of para-hydroxylation sites is 1. The minimum atomic E-state index is -0.332. The standard InChI is InChI=1S/C25H21N5O3S/c1-16-22(24(32)30(29(16)2)20-10-4-3-5-11-20)26-21(31)15-34-25-28-27-23(33-25)19-13-12-17-8-6-7-9-18(17)14-19/h3-14H,15H2,1-2H3,(H,26,31). The number of amides is 1. The van der Waals surface area contributed by atoms with Gasteiger partial charge in [0.2, 0.25) is 11.8 Å². The summed E-state index contributed by atoms with van der Waals surface area (Å²) in [4.78, 5) is 25.5. The van der Waals surface area contributed by atoms with Gasteiger partial charge in [-0.15, -0.1) is 10.2 Å².